The number of ether oxygens (including phenoxy) is 1. The zero-order valence-corrected chi connectivity index (χ0v) is 14.8. The van der Waals surface area contributed by atoms with Gasteiger partial charge in [0.25, 0.3) is 0 Å². The second kappa shape index (κ2) is 6.98. The highest BCUT2D eigenvalue weighted by atomic mass is 16.5. The van der Waals surface area contributed by atoms with Crippen molar-refractivity contribution in [3.8, 4) is 5.75 Å². The van der Waals surface area contributed by atoms with Crippen molar-refractivity contribution in [1.29, 1.82) is 0 Å². The molecule has 0 aliphatic rings. The van der Waals surface area contributed by atoms with Crippen molar-refractivity contribution in [1.82, 2.24) is 15.4 Å². The second-order valence-electron chi connectivity index (χ2n) is 6.17. The summed E-state index contributed by atoms with van der Waals surface area (Å²) >= 11 is 0. The van der Waals surface area contributed by atoms with Crippen molar-refractivity contribution < 1.29 is 4.74 Å². The summed E-state index contributed by atoms with van der Waals surface area (Å²) in [6, 6.07) is 18.1. The van der Waals surface area contributed by atoms with Gasteiger partial charge in [0, 0.05) is 29.6 Å². The monoisotopic (exact) mass is 344 g/mol. The van der Waals surface area contributed by atoms with E-state index in [-0.39, 0.29) is 0 Å². The van der Waals surface area contributed by atoms with Gasteiger partial charge in [-0.2, -0.15) is 0 Å². The Balaban J connectivity index is 1.54. The Morgan fingerprint density at radius 2 is 1.85 bits per heavy atom. The summed E-state index contributed by atoms with van der Waals surface area (Å²) in [6.07, 6.45) is 1.84. The minimum Gasteiger partial charge on any atom is -0.497 e. The number of pyridine rings is 2. The van der Waals surface area contributed by atoms with Crippen LogP contribution in [0.25, 0.3) is 21.8 Å². The Morgan fingerprint density at radius 1 is 0.962 bits per heavy atom. The number of aryl methyl sites for hydroxylation is 1. The lowest BCUT2D eigenvalue weighted by molar-refractivity contribution is 0.415. The summed E-state index contributed by atoms with van der Waals surface area (Å²) in [5.74, 6) is 1.58. The Labute approximate surface area is 152 Å². The number of benzene rings is 2. The maximum atomic E-state index is 5.30. The van der Waals surface area contributed by atoms with Crippen LogP contribution in [0.2, 0.25) is 0 Å². The van der Waals surface area contributed by atoms with Gasteiger partial charge < -0.3 is 10.2 Å². The third kappa shape index (κ3) is 3.17. The molecule has 0 unspecified atom stereocenters. The normalized spacial score (nSPS) is 11.0. The van der Waals surface area contributed by atoms with Crippen LogP contribution in [0.5, 0.6) is 5.75 Å². The first-order chi connectivity index (χ1) is 12.7. The van der Waals surface area contributed by atoms with Gasteiger partial charge in [-0.05, 0) is 48.4 Å². The van der Waals surface area contributed by atoms with Crippen molar-refractivity contribution in [3.63, 3.8) is 0 Å². The number of nitrogens with zero attached hydrogens (tertiary/aromatic N) is 2. The maximum absolute atomic E-state index is 5.30. The molecule has 2 heterocycles. The zero-order chi connectivity index (χ0) is 17.9. The van der Waals surface area contributed by atoms with E-state index in [2.05, 4.69) is 33.8 Å². The Bertz CT molecular complexity index is 1070. The fraction of sp³-hybridized carbons (Fsp3) is 0.143. The van der Waals surface area contributed by atoms with Crippen LogP contribution in [0.4, 0.5) is 5.82 Å². The van der Waals surface area contributed by atoms with Crippen molar-refractivity contribution in [2.45, 2.75) is 13.5 Å². The van der Waals surface area contributed by atoms with E-state index in [9.17, 15) is 0 Å². The van der Waals surface area contributed by atoms with Crippen LogP contribution in [-0.2, 0) is 6.54 Å². The standard InChI is InChI=1S/C21H20N4O/c1-14-11-21(24-20-12-16(26-2)7-8-17(14)20)25-23-13-15-9-10-22-19-6-4-3-5-18(15)19/h3-12,23H,13H2,1-2H3,(H,24,25). The highest BCUT2D eigenvalue weighted by molar-refractivity contribution is 5.85. The molecule has 2 N–H and O–H groups in total. The van der Waals surface area contributed by atoms with Gasteiger partial charge in [-0.3, -0.25) is 4.98 Å². The van der Waals surface area contributed by atoms with Crippen LogP contribution in [-0.4, -0.2) is 17.1 Å². The van der Waals surface area contributed by atoms with E-state index in [0.29, 0.717) is 6.54 Å². The first kappa shape index (κ1) is 16.3. The molecule has 5 heteroatoms. The summed E-state index contributed by atoms with van der Waals surface area (Å²) < 4.78 is 5.30. The molecule has 0 spiro atoms. The fourth-order valence-electron chi connectivity index (χ4n) is 3.11. The minimum atomic E-state index is 0.667. The number of hydrogen-bond acceptors (Lipinski definition) is 5. The molecule has 0 radical (unpaired) electrons. The average Bonchev–Trinajstić information content (AvgIpc) is 2.68. The minimum absolute atomic E-state index is 0.667. The highest BCUT2D eigenvalue weighted by Crippen LogP contribution is 2.24. The van der Waals surface area contributed by atoms with Crippen molar-refractivity contribution in [2.24, 2.45) is 0 Å². The third-order valence-corrected chi connectivity index (χ3v) is 4.46. The number of methoxy groups -OCH3 is 1. The number of aromatic nitrogens is 2. The lowest BCUT2D eigenvalue weighted by Crippen LogP contribution is -2.22. The molecule has 2 aromatic carbocycles. The molecule has 0 aliphatic heterocycles. The van der Waals surface area contributed by atoms with Crippen LogP contribution in [0.3, 0.4) is 0 Å². The molecule has 0 bridgehead atoms. The molecule has 4 rings (SSSR count). The smallest absolute Gasteiger partial charge is 0.141 e. The average molecular weight is 344 g/mol. The fourth-order valence-corrected chi connectivity index (χ4v) is 3.11. The Kier molecular flexibility index (Phi) is 4.37. The quantitative estimate of drug-likeness (QED) is 0.531. The molecule has 130 valence electrons. The van der Waals surface area contributed by atoms with Gasteiger partial charge in [0.05, 0.1) is 18.1 Å². The molecule has 0 amide bonds. The van der Waals surface area contributed by atoms with Crippen LogP contribution in [0, 0.1) is 6.92 Å². The molecular formula is C21H20N4O. The lowest BCUT2D eigenvalue weighted by atomic mass is 10.1. The van der Waals surface area contributed by atoms with E-state index >= 15 is 0 Å². The molecule has 0 saturated heterocycles. The molecule has 2 aromatic heterocycles. The zero-order valence-electron chi connectivity index (χ0n) is 14.8. The number of para-hydroxylation sites is 1. The molecule has 0 aliphatic carbocycles. The second-order valence-corrected chi connectivity index (χ2v) is 6.17. The molecule has 0 saturated carbocycles. The van der Waals surface area contributed by atoms with Crippen LogP contribution in [0.15, 0.2) is 60.8 Å². The predicted octanol–water partition coefficient (Wildman–Crippen LogP) is 4.22. The predicted molar refractivity (Wildman–Crippen MR) is 105 cm³/mol. The van der Waals surface area contributed by atoms with E-state index in [1.165, 1.54) is 5.56 Å². The molecule has 0 atom stereocenters. The molecular weight excluding hydrogens is 324 g/mol. The van der Waals surface area contributed by atoms with Gasteiger partial charge in [0.15, 0.2) is 0 Å². The first-order valence-corrected chi connectivity index (χ1v) is 8.51. The lowest BCUT2D eigenvalue weighted by Gasteiger charge is -2.12. The summed E-state index contributed by atoms with van der Waals surface area (Å²) in [5.41, 5.74) is 10.7. The summed E-state index contributed by atoms with van der Waals surface area (Å²) in [5, 5.41) is 2.27. The number of rotatable bonds is 5. The third-order valence-electron chi connectivity index (χ3n) is 4.46. The van der Waals surface area contributed by atoms with E-state index in [4.69, 9.17) is 4.74 Å². The SMILES string of the molecule is COc1ccc2c(C)cc(NNCc3ccnc4ccccc34)nc2c1. The van der Waals surface area contributed by atoms with Gasteiger partial charge in [-0.1, -0.05) is 18.2 Å². The van der Waals surface area contributed by atoms with E-state index in [1.807, 2.05) is 54.7 Å². The summed E-state index contributed by atoms with van der Waals surface area (Å²) in [6.45, 7) is 2.75. The number of hydrazine groups is 1. The van der Waals surface area contributed by atoms with Gasteiger partial charge in [0.1, 0.15) is 11.6 Å². The van der Waals surface area contributed by atoms with Crippen molar-refractivity contribution >= 4 is 27.6 Å². The number of fused-ring (bicyclic) bond motifs is 2. The Hall–Kier alpha value is -3.18. The van der Waals surface area contributed by atoms with Crippen molar-refractivity contribution in [2.75, 3.05) is 12.5 Å². The van der Waals surface area contributed by atoms with Gasteiger partial charge in [-0.25, -0.2) is 10.4 Å². The van der Waals surface area contributed by atoms with Gasteiger partial charge in [0.2, 0.25) is 0 Å². The first-order valence-electron chi connectivity index (χ1n) is 8.51. The van der Waals surface area contributed by atoms with Crippen LogP contribution in [0.1, 0.15) is 11.1 Å². The summed E-state index contributed by atoms with van der Waals surface area (Å²) in [4.78, 5) is 9.07. The topological polar surface area (TPSA) is 59.1 Å². The van der Waals surface area contributed by atoms with Crippen molar-refractivity contribution in [3.05, 3.63) is 71.9 Å². The number of anilines is 1. The van der Waals surface area contributed by atoms with E-state index < -0.39 is 0 Å². The molecule has 26 heavy (non-hydrogen) atoms. The van der Waals surface area contributed by atoms with Gasteiger partial charge >= 0.3 is 0 Å². The summed E-state index contributed by atoms with van der Waals surface area (Å²) in [7, 11) is 1.66. The number of hydrogen-bond donors (Lipinski definition) is 2. The molecule has 5 nitrogen and oxygen atoms in total. The Morgan fingerprint density at radius 3 is 2.73 bits per heavy atom. The molecule has 0 fully saturated rings. The highest BCUT2D eigenvalue weighted by Gasteiger charge is 2.05. The largest absolute Gasteiger partial charge is 0.497 e. The van der Waals surface area contributed by atoms with E-state index in [0.717, 1.165) is 38.9 Å². The van der Waals surface area contributed by atoms with Crippen LogP contribution < -0.4 is 15.6 Å². The van der Waals surface area contributed by atoms with E-state index in [1.54, 1.807) is 7.11 Å². The molecule has 4 aromatic rings. The maximum Gasteiger partial charge on any atom is 0.141 e. The van der Waals surface area contributed by atoms with Crippen LogP contribution >= 0.6 is 0 Å². The number of nitrogens with one attached hydrogen (secondary N) is 2. The van der Waals surface area contributed by atoms with Gasteiger partial charge in [-0.15, -0.1) is 0 Å².